The van der Waals surface area contributed by atoms with E-state index in [0.29, 0.717) is 0 Å². The first-order valence-electron chi connectivity index (χ1n) is 0.743. The maximum Gasteiger partial charge on any atom is 0 e. The molecule has 4 heteroatoms. The van der Waals surface area contributed by atoms with Crippen LogP contribution in [0.3, 0.4) is 0 Å². The third-order valence-corrected chi connectivity index (χ3v) is 0. The first kappa shape index (κ1) is 9.03. The van der Waals surface area contributed by atoms with Crippen molar-refractivity contribution in [3.05, 3.63) is 5.73 Å². The van der Waals surface area contributed by atoms with E-state index >= 15 is 0 Å². The standard InChI is InChI=1S/CH4N2S.Mo/c2-1(3)4;/h(H4,2,3,4);/p-1. The number of nitrogens with one attached hydrogen (secondary N) is 1. The molecule has 0 aromatic carbocycles. The summed E-state index contributed by atoms with van der Waals surface area (Å²) in [5.41, 5.74) is 10.6. The van der Waals surface area contributed by atoms with Crippen LogP contribution in [-0.2, 0) is 21.1 Å². The summed E-state index contributed by atoms with van der Waals surface area (Å²) in [4.78, 5) is 0. The van der Waals surface area contributed by atoms with Crippen LogP contribution in [0.15, 0.2) is 0 Å². The molecule has 0 amide bonds. The first-order valence-corrected chi connectivity index (χ1v) is 1.15. The SMILES string of the molecule is [Mo].[NH-]C(N)=S. The predicted molar refractivity (Wildman–Crippen MR) is 21.1 cm³/mol. The molecule has 3 N–H and O–H groups in total. The summed E-state index contributed by atoms with van der Waals surface area (Å²) in [7, 11) is 0. The summed E-state index contributed by atoms with van der Waals surface area (Å²) in [6.45, 7) is 0. The molecule has 2 nitrogen and oxygen atoms in total. The van der Waals surface area contributed by atoms with E-state index in [1.807, 2.05) is 0 Å². The van der Waals surface area contributed by atoms with Crippen molar-refractivity contribution < 1.29 is 21.1 Å². The van der Waals surface area contributed by atoms with Gasteiger partial charge in [-0.2, -0.15) is 0 Å². The second kappa shape index (κ2) is 4.38. The van der Waals surface area contributed by atoms with Gasteiger partial charge in [0.1, 0.15) is 0 Å². The Morgan fingerprint density at radius 1 is 1.80 bits per heavy atom. The summed E-state index contributed by atoms with van der Waals surface area (Å²) in [5.74, 6) is 0. The van der Waals surface area contributed by atoms with Gasteiger partial charge in [0.05, 0.1) is 0 Å². The Kier molecular flexibility index (Phi) is 7.91. The van der Waals surface area contributed by atoms with Crippen LogP contribution in [0.4, 0.5) is 0 Å². The normalized spacial score (nSPS) is 4.80. The van der Waals surface area contributed by atoms with Crippen LogP contribution in [0, 0.1) is 0 Å². The van der Waals surface area contributed by atoms with Crippen LogP contribution in [-0.4, -0.2) is 5.11 Å². The Morgan fingerprint density at radius 2 is 1.80 bits per heavy atom. The number of hydrogen-bond donors (Lipinski definition) is 1. The molecule has 0 radical (unpaired) electrons. The predicted octanol–water partition coefficient (Wildman–Crippen LogP) is 0.280. The smallest absolute Gasteiger partial charge is 0 e. The largest absolute Gasteiger partial charge is 0.486 e. The molecule has 0 aliphatic carbocycles. The summed E-state index contributed by atoms with van der Waals surface area (Å²) < 4.78 is 0. The quantitative estimate of drug-likeness (QED) is 0.420. The molecular formula is CH3MoN2S-. The summed E-state index contributed by atoms with van der Waals surface area (Å²) in [5, 5.41) is -0.250. The molecule has 0 atom stereocenters. The van der Waals surface area contributed by atoms with Crippen LogP contribution in [0.25, 0.3) is 5.73 Å². The zero-order valence-electron chi connectivity index (χ0n) is 2.39. The van der Waals surface area contributed by atoms with E-state index in [2.05, 4.69) is 18.0 Å². The molecule has 0 unspecified atom stereocenters. The minimum Gasteiger partial charge on any atom is -0.486 e. The molecule has 0 saturated carbocycles. The van der Waals surface area contributed by atoms with Gasteiger partial charge >= 0.3 is 0 Å². The van der Waals surface area contributed by atoms with Crippen LogP contribution in [0.1, 0.15) is 0 Å². The minimum absolute atomic E-state index is 0. The fourth-order valence-electron chi connectivity index (χ4n) is 0. The molecular weight excluding hydrogens is 168 g/mol. The second-order valence-electron chi connectivity index (χ2n) is 0.364. The molecule has 0 aliphatic heterocycles. The number of thiocarbonyl (C=S) groups is 1. The van der Waals surface area contributed by atoms with Gasteiger partial charge in [-0.25, -0.2) is 0 Å². The summed E-state index contributed by atoms with van der Waals surface area (Å²) in [6, 6.07) is 0. The molecule has 0 bridgehead atoms. The minimum atomic E-state index is -0.250. The fourth-order valence-corrected chi connectivity index (χ4v) is 0. The maximum absolute atomic E-state index is 6.09. The molecule has 0 saturated heterocycles. The van der Waals surface area contributed by atoms with Gasteiger partial charge in [0.25, 0.3) is 0 Å². The molecule has 0 aliphatic rings. The third kappa shape index (κ3) is 173. The van der Waals surface area contributed by atoms with Gasteiger partial charge < -0.3 is 11.5 Å². The Bertz CT molecular complexity index is 32.6. The van der Waals surface area contributed by atoms with Crippen molar-refractivity contribution in [3.8, 4) is 0 Å². The molecule has 0 aromatic heterocycles. The van der Waals surface area contributed by atoms with Crippen molar-refractivity contribution >= 4 is 17.3 Å². The third-order valence-electron chi connectivity index (χ3n) is 0. The van der Waals surface area contributed by atoms with Gasteiger partial charge in [-0.05, 0) is 5.11 Å². The molecule has 0 aromatic rings. The Balaban J connectivity index is 0. The van der Waals surface area contributed by atoms with Crippen LogP contribution < -0.4 is 5.73 Å². The molecule has 0 heterocycles. The Labute approximate surface area is 50.2 Å². The first-order chi connectivity index (χ1) is 1.73. The molecule has 0 spiro atoms. The van der Waals surface area contributed by atoms with Crippen LogP contribution in [0.5, 0.6) is 0 Å². The van der Waals surface area contributed by atoms with Crippen molar-refractivity contribution in [1.82, 2.24) is 0 Å². The van der Waals surface area contributed by atoms with Crippen LogP contribution in [0.2, 0.25) is 0 Å². The van der Waals surface area contributed by atoms with Gasteiger partial charge in [-0.15, -0.1) is 0 Å². The average molecular weight is 171 g/mol. The number of nitrogens with two attached hydrogens (primary N) is 1. The van der Waals surface area contributed by atoms with E-state index in [1.54, 1.807) is 0 Å². The van der Waals surface area contributed by atoms with Gasteiger partial charge in [0.2, 0.25) is 0 Å². The van der Waals surface area contributed by atoms with E-state index in [9.17, 15) is 0 Å². The maximum atomic E-state index is 6.09. The van der Waals surface area contributed by atoms with Crippen molar-refractivity contribution in [2.24, 2.45) is 5.73 Å². The van der Waals surface area contributed by atoms with Gasteiger partial charge in [0, 0.05) is 21.1 Å². The second-order valence-corrected chi connectivity index (χ2v) is 0.804. The zero-order valence-corrected chi connectivity index (χ0v) is 5.22. The molecule has 30 valence electrons. The number of rotatable bonds is 0. The van der Waals surface area contributed by atoms with Crippen LogP contribution >= 0.6 is 12.2 Å². The van der Waals surface area contributed by atoms with E-state index < -0.39 is 0 Å². The van der Waals surface area contributed by atoms with Crippen molar-refractivity contribution in [2.75, 3.05) is 0 Å². The molecule has 0 rings (SSSR count). The zero-order chi connectivity index (χ0) is 3.58. The van der Waals surface area contributed by atoms with E-state index in [-0.39, 0.29) is 26.2 Å². The fraction of sp³-hybridized carbons (Fsp3) is 0. The van der Waals surface area contributed by atoms with Crippen molar-refractivity contribution in [2.45, 2.75) is 0 Å². The Morgan fingerprint density at radius 3 is 1.80 bits per heavy atom. The summed E-state index contributed by atoms with van der Waals surface area (Å²) in [6.07, 6.45) is 0. The van der Waals surface area contributed by atoms with Gasteiger partial charge in [-0.1, -0.05) is 12.2 Å². The Hall–Kier alpha value is 0.378. The summed E-state index contributed by atoms with van der Waals surface area (Å²) >= 11 is 3.98. The van der Waals surface area contributed by atoms with Gasteiger partial charge in [0.15, 0.2) is 0 Å². The topological polar surface area (TPSA) is 49.8 Å². The van der Waals surface area contributed by atoms with Crippen molar-refractivity contribution in [3.63, 3.8) is 0 Å². The molecule has 5 heavy (non-hydrogen) atoms. The van der Waals surface area contributed by atoms with E-state index in [1.165, 1.54) is 0 Å². The number of hydrogen-bond acceptors (Lipinski definition) is 1. The van der Waals surface area contributed by atoms with E-state index in [4.69, 9.17) is 5.73 Å². The van der Waals surface area contributed by atoms with Crippen molar-refractivity contribution in [1.29, 1.82) is 0 Å². The average Bonchev–Trinajstić information content (AvgIpc) is 0.811. The monoisotopic (exact) mass is 173 g/mol. The van der Waals surface area contributed by atoms with E-state index in [0.717, 1.165) is 0 Å². The van der Waals surface area contributed by atoms with Gasteiger partial charge in [-0.3, -0.25) is 0 Å². The molecule has 0 fully saturated rings.